The van der Waals surface area contributed by atoms with Gasteiger partial charge in [0.25, 0.3) is 5.91 Å². The molecule has 2 fully saturated rings. The molecular weight excluding hydrogens is 366 g/mol. The monoisotopic (exact) mass is 395 g/mol. The van der Waals surface area contributed by atoms with Crippen molar-refractivity contribution in [1.29, 1.82) is 0 Å². The van der Waals surface area contributed by atoms with E-state index in [0.717, 1.165) is 57.7 Å². The second-order valence-electron chi connectivity index (χ2n) is 7.97. The molecule has 1 aromatic carbocycles. The fourth-order valence-electron chi connectivity index (χ4n) is 4.38. The Bertz CT molecular complexity index is 823. The average molecular weight is 396 g/mol. The first-order valence-electron chi connectivity index (χ1n) is 10.5. The molecule has 2 aromatic rings. The van der Waals surface area contributed by atoms with Gasteiger partial charge in [0.2, 0.25) is 5.95 Å². The van der Waals surface area contributed by atoms with E-state index in [-0.39, 0.29) is 17.9 Å². The van der Waals surface area contributed by atoms with E-state index in [1.807, 2.05) is 30.3 Å². The maximum absolute atomic E-state index is 13.1. The molecule has 7 heteroatoms. The molecule has 4 rings (SSSR count). The number of ether oxygens (including phenoxy) is 1. The molecule has 154 valence electrons. The van der Waals surface area contributed by atoms with Crippen molar-refractivity contribution in [2.75, 3.05) is 38.6 Å². The van der Waals surface area contributed by atoms with Crippen LogP contribution < -0.4 is 11.1 Å². The molecule has 1 aromatic heterocycles. The fourth-order valence-corrected chi connectivity index (χ4v) is 4.38. The molecule has 1 saturated heterocycles. The van der Waals surface area contributed by atoms with Gasteiger partial charge in [0, 0.05) is 37.4 Å². The number of nitrogens with two attached hydrogens (primary N) is 1. The van der Waals surface area contributed by atoms with Crippen LogP contribution in [0.2, 0.25) is 0 Å². The smallest absolute Gasteiger partial charge is 0.255 e. The summed E-state index contributed by atoms with van der Waals surface area (Å²) in [7, 11) is 0. The third-order valence-corrected chi connectivity index (χ3v) is 5.84. The van der Waals surface area contributed by atoms with Gasteiger partial charge in [-0.25, -0.2) is 9.97 Å². The largest absolute Gasteiger partial charge is 0.379 e. The highest BCUT2D eigenvalue weighted by Gasteiger charge is 2.27. The van der Waals surface area contributed by atoms with Crippen molar-refractivity contribution in [1.82, 2.24) is 20.2 Å². The van der Waals surface area contributed by atoms with Crippen LogP contribution in [0.1, 0.15) is 36.0 Å². The minimum absolute atomic E-state index is 0.124. The van der Waals surface area contributed by atoms with Gasteiger partial charge < -0.3 is 15.8 Å². The fraction of sp³-hybridized carbons (Fsp3) is 0.500. The Morgan fingerprint density at radius 1 is 1.21 bits per heavy atom. The van der Waals surface area contributed by atoms with Crippen LogP contribution in [-0.2, 0) is 4.74 Å². The molecule has 2 aliphatic rings. The van der Waals surface area contributed by atoms with Crippen molar-refractivity contribution < 1.29 is 9.53 Å². The quantitative estimate of drug-likeness (QED) is 0.807. The van der Waals surface area contributed by atoms with Gasteiger partial charge in [-0.1, -0.05) is 36.8 Å². The second-order valence-corrected chi connectivity index (χ2v) is 7.97. The molecule has 0 spiro atoms. The summed E-state index contributed by atoms with van der Waals surface area (Å²) in [5.74, 6) is 0.660. The Balaban J connectivity index is 1.42. The van der Waals surface area contributed by atoms with Crippen LogP contribution in [0.4, 0.5) is 5.95 Å². The number of morpholine rings is 1. The molecule has 0 radical (unpaired) electrons. The molecule has 7 nitrogen and oxygen atoms in total. The zero-order chi connectivity index (χ0) is 20.1. The van der Waals surface area contributed by atoms with Crippen LogP contribution in [0.5, 0.6) is 0 Å². The first-order chi connectivity index (χ1) is 14.2. The molecule has 3 N–H and O–H groups in total. The van der Waals surface area contributed by atoms with Gasteiger partial charge in [0.05, 0.1) is 24.5 Å². The highest BCUT2D eigenvalue weighted by Crippen LogP contribution is 2.27. The summed E-state index contributed by atoms with van der Waals surface area (Å²) in [6, 6.07) is 9.82. The van der Waals surface area contributed by atoms with Crippen LogP contribution in [0.15, 0.2) is 36.5 Å². The van der Waals surface area contributed by atoms with Crippen molar-refractivity contribution in [3.63, 3.8) is 0 Å². The summed E-state index contributed by atoms with van der Waals surface area (Å²) in [6.45, 7) is 4.77. The third kappa shape index (κ3) is 5.10. The lowest BCUT2D eigenvalue weighted by atomic mass is 9.85. The molecule has 29 heavy (non-hydrogen) atoms. The Kier molecular flexibility index (Phi) is 6.36. The topological polar surface area (TPSA) is 93.4 Å². The van der Waals surface area contributed by atoms with Crippen molar-refractivity contribution in [3.05, 3.63) is 42.1 Å². The highest BCUT2D eigenvalue weighted by molar-refractivity contribution is 5.99. The summed E-state index contributed by atoms with van der Waals surface area (Å²) in [4.78, 5) is 23.9. The number of benzene rings is 1. The molecular formula is C22H29N5O2. The second kappa shape index (κ2) is 9.33. The molecule has 2 atom stereocenters. The van der Waals surface area contributed by atoms with E-state index < -0.39 is 0 Å². The van der Waals surface area contributed by atoms with E-state index in [0.29, 0.717) is 17.2 Å². The Hall–Kier alpha value is -2.51. The van der Waals surface area contributed by atoms with Crippen LogP contribution in [0.25, 0.3) is 11.3 Å². The van der Waals surface area contributed by atoms with Crippen LogP contribution >= 0.6 is 0 Å². The SMILES string of the molecule is Nc1ncc(C(=O)N[C@@H]2CCC[C@@H](CN3CCOCC3)C2)c(-c2ccccc2)n1. The lowest BCUT2D eigenvalue weighted by Crippen LogP contribution is -2.43. The number of anilines is 1. The zero-order valence-corrected chi connectivity index (χ0v) is 16.7. The lowest BCUT2D eigenvalue weighted by molar-refractivity contribution is 0.0266. The van der Waals surface area contributed by atoms with E-state index in [2.05, 4.69) is 20.2 Å². The van der Waals surface area contributed by atoms with Gasteiger partial charge in [0.1, 0.15) is 0 Å². The summed E-state index contributed by atoms with van der Waals surface area (Å²) in [6.07, 6.45) is 5.93. The van der Waals surface area contributed by atoms with Gasteiger partial charge in [-0.3, -0.25) is 9.69 Å². The molecule has 2 heterocycles. The van der Waals surface area contributed by atoms with Gasteiger partial charge in [-0.05, 0) is 25.2 Å². The summed E-state index contributed by atoms with van der Waals surface area (Å²) in [5, 5.41) is 3.23. The Morgan fingerprint density at radius 2 is 2.00 bits per heavy atom. The first-order valence-corrected chi connectivity index (χ1v) is 10.5. The minimum atomic E-state index is -0.124. The van der Waals surface area contributed by atoms with E-state index >= 15 is 0 Å². The third-order valence-electron chi connectivity index (χ3n) is 5.84. The van der Waals surface area contributed by atoms with Gasteiger partial charge in [-0.15, -0.1) is 0 Å². The number of nitrogens with one attached hydrogen (secondary N) is 1. The predicted molar refractivity (Wildman–Crippen MR) is 112 cm³/mol. The number of hydrogen-bond donors (Lipinski definition) is 2. The Labute approximate surface area is 171 Å². The molecule has 1 saturated carbocycles. The first kappa shape index (κ1) is 19.8. The normalized spacial score (nSPS) is 22.9. The maximum atomic E-state index is 13.1. The van der Waals surface area contributed by atoms with Gasteiger partial charge >= 0.3 is 0 Å². The lowest BCUT2D eigenvalue weighted by Gasteiger charge is -2.35. The van der Waals surface area contributed by atoms with Gasteiger partial charge in [-0.2, -0.15) is 0 Å². The average Bonchev–Trinajstić information content (AvgIpc) is 2.75. The predicted octanol–water partition coefficient (Wildman–Crippen LogP) is 2.35. The van der Waals surface area contributed by atoms with Crippen molar-refractivity contribution in [2.24, 2.45) is 5.92 Å². The molecule has 1 aliphatic heterocycles. The van der Waals surface area contributed by atoms with Crippen LogP contribution in [0, 0.1) is 5.92 Å². The molecule has 0 bridgehead atoms. The zero-order valence-electron chi connectivity index (χ0n) is 16.7. The van der Waals surface area contributed by atoms with Crippen molar-refractivity contribution >= 4 is 11.9 Å². The number of carbonyl (C=O) groups excluding carboxylic acids is 1. The Morgan fingerprint density at radius 3 is 2.79 bits per heavy atom. The van der Waals surface area contributed by atoms with Crippen LogP contribution in [-0.4, -0.2) is 59.7 Å². The highest BCUT2D eigenvalue weighted by atomic mass is 16.5. The summed E-state index contributed by atoms with van der Waals surface area (Å²) in [5.41, 5.74) is 7.70. The van der Waals surface area contributed by atoms with Crippen LogP contribution in [0.3, 0.4) is 0 Å². The molecule has 0 unspecified atom stereocenters. The number of carbonyl (C=O) groups is 1. The van der Waals surface area contributed by atoms with E-state index in [1.54, 1.807) is 0 Å². The van der Waals surface area contributed by atoms with Crippen molar-refractivity contribution in [2.45, 2.75) is 31.7 Å². The number of nitrogen functional groups attached to an aromatic ring is 1. The number of nitrogens with zero attached hydrogens (tertiary/aromatic N) is 3. The molecule has 1 amide bonds. The maximum Gasteiger partial charge on any atom is 0.255 e. The van der Waals surface area contributed by atoms with E-state index in [9.17, 15) is 4.79 Å². The summed E-state index contributed by atoms with van der Waals surface area (Å²) < 4.78 is 5.45. The number of hydrogen-bond acceptors (Lipinski definition) is 6. The number of amides is 1. The molecule has 1 aliphatic carbocycles. The van der Waals surface area contributed by atoms with Crippen molar-refractivity contribution in [3.8, 4) is 11.3 Å². The standard InChI is InChI=1S/C22H29N5O2/c23-22-24-14-19(20(26-22)17-6-2-1-3-7-17)21(28)25-18-8-4-5-16(13-18)15-27-9-11-29-12-10-27/h1-3,6-7,14,16,18H,4-5,8-13,15H2,(H,25,28)(H2,23,24,26)/t16-,18-/m1/s1. The van der Waals surface area contributed by atoms with Gasteiger partial charge in [0.15, 0.2) is 0 Å². The summed E-state index contributed by atoms with van der Waals surface area (Å²) >= 11 is 0. The van der Waals surface area contributed by atoms with E-state index in [4.69, 9.17) is 10.5 Å². The van der Waals surface area contributed by atoms with E-state index in [1.165, 1.54) is 12.6 Å². The minimum Gasteiger partial charge on any atom is -0.379 e. The number of rotatable bonds is 5. The number of aromatic nitrogens is 2.